The number of rotatable bonds is 9. The quantitative estimate of drug-likeness (QED) is 0.432. The second kappa shape index (κ2) is 10.6. The van der Waals surface area contributed by atoms with Crippen LogP contribution in [0, 0.1) is 11.2 Å². The monoisotopic (exact) mass is 524 g/mol. The van der Waals surface area contributed by atoms with Crippen LogP contribution in [-0.4, -0.2) is 48.3 Å². The number of carbonyl (C=O) groups excluding carboxylic acids is 2. The summed E-state index contributed by atoms with van der Waals surface area (Å²) in [6.45, 7) is 0.301. The van der Waals surface area contributed by atoms with Crippen LogP contribution in [-0.2, 0) is 9.59 Å². The molecule has 3 fully saturated rings. The van der Waals surface area contributed by atoms with Gasteiger partial charge in [0.25, 0.3) is 5.91 Å². The van der Waals surface area contributed by atoms with Crippen LogP contribution in [0.3, 0.4) is 0 Å². The summed E-state index contributed by atoms with van der Waals surface area (Å²) in [6.07, 6.45) is 1.46. The van der Waals surface area contributed by atoms with Crippen LogP contribution in [0.2, 0.25) is 10.0 Å². The Morgan fingerprint density at radius 3 is 2.37 bits per heavy atom. The van der Waals surface area contributed by atoms with Crippen molar-refractivity contribution in [1.29, 1.82) is 0 Å². The molecule has 10 heteroatoms. The molecule has 2 bridgehead atoms. The van der Waals surface area contributed by atoms with Crippen molar-refractivity contribution >= 4 is 35.0 Å². The second-order valence-electron chi connectivity index (χ2n) is 9.13. The highest BCUT2D eigenvalue weighted by molar-refractivity contribution is 6.31. The molecule has 0 spiro atoms. The van der Waals surface area contributed by atoms with Gasteiger partial charge >= 0.3 is 0 Å². The molecule has 3 saturated carbocycles. The van der Waals surface area contributed by atoms with E-state index in [1.807, 2.05) is 0 Å². The van der Waals surface area contributed by atoms with Crippen molar-refractivity contribution in [1.82, 2.24) is 10.6 Å². The van der Waals surface area contributed by atoms with Crippen molar-refractivity contribution in [2.45, 2.75) is 43.7 Å². The van der Waals surface area contributed by atoms with Crippen molar-refractivity contribution in [3.8, 4) is 11.5 Å². The Morgan fingerprint density at radius 1 is 1.03 bits per heavy atom. The van der Waals surface area contributed by atoms with E-state index in [9.17, 15) is 19.1 Å². The minimum Gasteiger partial charge on any atom is -0.492 e. The predicted molar refractivity (Wildman–Crippen MR) is 129 cm³/mol. The number of aliphatic hydroxyl groups is 1. The molecule has 0 heterocycles. The van der Waals surface area contributed by atoms with Crippen molar-refractivity contribution in [2.75, 3.05) is 19.8 Å². The molecular formula is C25H27Cl2FN2O5. The van der Waals surface area contributed by atoms with E-state index in [2.05, 4.69) is 10.6 Å². The topological polar surface area (TPSA) is 96.9 Å². The van der Waals surface area contributed by atoms with E-state index in [1.165, 1.54) is 12.1 Å². The van der Waals surface area contributed by atoms with Gasteiger partial charge in [-0.3, -0.25) is 9.59 Å². The molecule has 2 aromatic rings. The number of nitrogens with one attached hydrogen (secondary N) is 2. The maximum atomic E-state index is 13.5. The molecule has 0 aliphatic heterocycles. The van der Waals surface area contributed by atoms with E-state index in [0.29, 0.717) is 43.0 Å². The fourth-order valence-electron chi connectivity index (χ4n) is 4.92. The van der Waals surface area contributed by atoms with E-state index in [1.54, 1.807) is 24.3 Å². The van der Waals surface area contributed by atoms with Crippen molar-refractivity contribution < 1.29 is 28.6 Å². The zero-order chi connectivity index (χ0) is 25.1. The van der Waals surface area contributed by atoms with E-state index in [0.717, 1.165) is 6.07 Å². The lowest BCUT2D eigenvalue weighted by atomic mass is 9.55. The normalized spacial score (nSPS) is 25.1. The van der Waals surface area contributed by atoms with Gasteiger partial charge in [0.1, 0.15) is 23.9 Å². The average molecular weight is 525 g/mol. The van der Waals surface area contributed by atoms with Crippen LogP contribution in [0.5, 0.6) is 11.5 Å². The largest absolute Gasteiger partial charge is 0.492 e. The number of carbonyl (C=O) groups is 2. The molecule has 5 rings (SSSR count). The Morgan fingerprint density at radius 2 is 1.71 bits per heavy atom. The minimum atomic E-state index is -0.881. The zero-order valence-corrected chi connectivity index (χ0v) is 20.5. The molecule has 0 saturated heterocycles. The number of ether oxygens (including phenoxy) is 2. The van der Waals surface area contributed by atoms with Gasteiger partial charge in [0.05, 0.1) is 23.1 Å². The maximum Gasteiger partial charge on any atom is 0.258 e. The maximum absolute atomic E-state index is 13.5. The van der Waals surface area contributed by atoms with Crippen LogP contribution in [0.15, 0.2) is 42.5 Å². The molecular weight excluding hydrogens is 498 g/mol. The minimum absolute atomic E-state index is 0.0271. The van der Waals surface area contributed by atoms with Gasteiger partial charge < -0.3 is 25.2 Å². The summed E-state index contributed by atoms with van der Waals surface area (Å²) in [6, 6.07) is 10.9. The van der Waals surface area contributed by atoms with Gasteiger partial charge in [0.15, 0.2) is 6.61 Å². The summed E-state index contributed by atoms with van der Waals surface area (Å²) in [5.74, 6) is -0.342. The van der Waals surface area contributed by atoms with E-state index >= 15 is 0 Å². The highest BCUT2D eigenvalue weighted by Gasteiger charge is 2.58. The first-order valence-corrected chi connectivity index (χ1v) is 12.2. The number of hydrogen-bond acceptors (Lipinski definition) is 5. The summed E-state index contributed by atoms with van der Waals surface area (Å²) in [5, 5.41) is 17.3. The average Bonchev–Trinajstić information content (AvgIpc) is 2.84. The predicted octanol–water partition coefficient (Wildman–Crippen LogP) is 3.89. The summed E-state index contributed by atoms with van der Waals surface area (Å²) < 4.78 is 24.5. The molecule has 1 atom stereocenters. The Labute approximate surface area is 212 Å². The summed E-state index contributed by atoms with van der Waals surface area (Å²) in [7, 11) is 0. The third-order valence-corrected chi connectivity index (χ3v) is 7.47. The van der Waals surface area contributed by atoms with Crippen molar-refractivity contribution in [2.24, 2.45) is 5.41 Å². The number of fused-ring (bicyclic) bond motifs is 3. The lowest BCUT2D eigenvalue weighted by Crippen LogP contribution is -2.65. The van der Waals surface area contributed by atoms with Crippen LogP contribution in [0.25, 0.3) is 0 Å². The van der Waals surface area contributed by atoms with Crippen LogP contribution >= 0.6 is 23.2 Å². The molecule has 35 heavy (non-hydrogen) atoms. The first kappa shape index (κ1) is 25.5. The Hall–Kier alpha value is -2.55. The van der Waals surface area contributed by atoms with Gasteiger partial charge in [-0.1, -0.05) is 23.2 Å². The van der Waals surface area contributed by atoms with Crippen LogP contribution < -0.4 is 20.1 Å². The highest BCUT2D eigenvalue weighted by Crippen LogP contribution is 2.52. The number of hydrogen-bond donors (Lipinski definition) is 3. The lowest BCUT2D eigenvalue weighted by molar-refractivity contribution is -0.156. The Kier molecular flexibility index (Phi) is 7.73. The first-order valence-electron chi connectivity index (χ1n) is 11.5. The molecule has 2 aromatic carbocycles. The van der Waals surface area contributed by atoms with Gasteiger partial charge in [-0.15, -0.1) is 0 Å². The van der Waals surface area contributed by atoms with Crippen LogP contribution in [0.1, 0.15) is 32.1 Å². The summed E-state index contributed by atoms with van der Waals surface area (Å²) in [4.78, 5) is 25.5. The molecule has 0 unspecified atom stereocenters. The molecule has 3 aliphatic carbocycles. The number of benzene rings is 2. The Balaban J connectivity index is 1.24. The number of amides is 2. The first-order chi connectivity index (χ1) is 16.7. The highest BCUT2D eigenvalue weighted by atomic mass is 35.5. The lowest BCUT2D eigenvalue weighted by Gasteiger charge is -2.55. The standard InChI is InChI=1S/C25H27Cl2FN2O5/c26-16-1-3-17(4-2-16)34-12-11-29-23(33)25-9-7-24(8-10-25,14-21(25)31)30-22(32)15-35-18-5-6-19(27)20(28)13-18/h1-6,13,21,31H,7-12,14-15H2,(H,29,33)(H,30,32)/t21-,24?,25?/m0/s1. The zero-order valence-electron chi connectivity index (χ0n) is 19.0. The van der Waals surface area contributed by atoms with Gasteiger partial charge in [-0.25, -0.2) is 4.39 Å². The molecule has 3 aliphatic rings. The fraction of sp³-hybridized carbons (Fsp3) is 0.440. The Bertz CT molecular complexity index is 1070. The fourth-order valence-corrected chi connectivity index (χ4v) is 5.16. The molecule has 7 nitrogen and oxygen atoms in total. The van der Waals surface area contributed by atoms with E-state index in [-0.39, 0.29) is 42.2 Å². The summed E-state index contributed by atoms with van der Waals surface area (Å²) in [5.41, 5.74) is -1.46. The van der Waals surface area contributed by atoms with Gasteiger partial charge in [0, 0.05) is 16.6 Å². The van der Waals surface area contributed by atoms with Crippen LogP contribution in [0.4, 0.5) is 4.39 Å². The van der Waals surface area contributed by atoms with E-state index < -0.39 is 22.9 Å². The van der Waals surface area contributed by atoms with Gasteiger partial charge in [-0.05, 0) is 68.5 Å². The molecule has 0 radical (unpaired) electrons. The second-order valence-corrected chi connectivity index (χ2v) is 9.97. The molecule has 3 N–H and O–H groups in total. The SMILES string of the molecule is O=C(COc1ccc(Cl)c(F)c1)NC12CCC(C(=O)NCCOc3ccc(Cl)cc3)(CC1)[C@@H](O)C2. The third kappa shape index (κ3) is 5.82. The summed E-state index contributed by atoms with van der Waals surface area (Å²) >= 11 is 11.5. The third-order valence-electron chi connectivity index (χ3n) is 6.91. The van der Waals surface area contributed by atoms with E-state index in [4.69, 9.17) is 32.7 Å². The molecule has 0 aromatic heterocycles. The number of halogens is 3. The van der Waals surface area contributed by atoms with Crippen molar-refractivity contribution in [3.63, 3.8) is 0 Å². The number of aliphatic hydroxyl groups excluding tert-OH is 1. The van der Waals surface area contributed by atoms with Gasteiger partial charge in [-0.2, -0.15) is 0 Å². The van der Waals surface area contributed by atoms with Crippen molar-refractivity contribution in [3.05, 3.63) is 58.3 Å². The smallest absolute Gasteiger partial charge is 0.258 e. The van der Waals surface area contributed by atoms with Gasteiger partial charge in [0.2, 0.25) is 5.91 Å². The molecule has 188 valence electrons. The molecule has 2 amide bonds.